The average molecular weight is 506 g/mol. The van der Waals surface area contributed by atoms with Crippen LogP contribution in [-0.4, -0.2) is 72.0 Å². The fourth-order valence-corrected chi connectivity index (χ4v) is 3.37. The lowest BCUT2D eigenvalue weighted by atomic mass is 10.1. The Labute approximate surface area is 213 Å². The number of rotatable bonds is 12. The average Bonchev–Trinajstić information content (AvgIpc) is 3.75. The molecular weight excluding hydrogens is 478 g/mol. The maximum absolute atomic E-state index is 12.2. The van der Waals surface area contributed by atoms with Crippen molar-refractivity contribution in [3.05, 3.63) is 47.9 Å². The second kappa shape index (κ2) is 12.6. The van der Waals surface area contributed by atoms with Crippen LogP contribution >= 0.6 is 0 Å². The van der Waals surface area contributed by atoms with Gasteiger partial charge in [-0.15, -0.1) is 0 Å². The molecule has 4 rings (SSSR count). The SMILES string of the molecule is CNc1ncc(C#Cc2ccnc(OCCOCCOCC(=O)O)c2)c2cc(NC(=O)C3CC3)ncc12. The molecule has 0 radical (unpaired) electrons. The third-order valence-electron chi connectivity index (χ3n) is 5.36. The highest BCUT2D eigenvalue weighted by atomic mass is 16.5. The van der Waals surface area contributed by atoms with E-state index in [2.05, 4.69) is 37.4 Å². The van der Waals surface area contributed by atoms with Gasteiger partial charge in [-0.3, -0.25) is 4.79 Å². The highest BCUT2D eigenvalue weighted by Crippen LogP contribution is 2.31. The minimum Gasteiger partial charge on any atom is -0.480 e. The second-order valence-corrected chi connectivity index (χ2v) is 8.19. The number of hydrogen-bond acceptors (Lipinski definition) is 9. The molecule has 1 aliphatic carbocycles. The van der Waals surface area contributed by atoms with Crippen LogP contribution in [0.1, 0.15) is 24.0 Å². The third-order valence-corrected chi connectivity index (χ3v) is 5.36. The van der Waals surface area contributed by atoms with E-state index in [0.29, 0.717) is 35.2 Å². The number of anilines is 2. The van der Waals surface area contributed by atoms with Gasteiger partial charge in [-0.05, 0) is 25.0 Å². The summed E-state index contributed by atoms with van der Waals surface area (Å²) in [5.41, 5.74) is 1.39. The Bertz CT molecular complexity index is 1330. The maximum Gasteiger partial charge on any atom is 0.329 e. The van der Waals surface area contributed by atoms with Crippen LogP contribution in [-0.2, 0) is 19.1 Å². The predicted octanol–water partition coefficient (Wildman–Crippen LogP) is 2.31. The number of carbonyl (C=O) groups excluding carboxylic acids is 1. The summed E-state index contributed by atoms with van der Waals surface area (Å²) in [5, 5.41) is 16.1. The molecule has 0 bridgehead atoms. The lowest BCUT2D eigenvalue weighted by molar-refractivity contribution is -0.142. The zero-order valence-corrected chi connectivity index (χ0v) is 20.3. The van der Waals surface area contributed by atoms with Crippen LogP contribution in [0, 0.1) is 17.8 Å². The van der Waals surface area contributed by atoms with Crippen LogP contribution in [0.2, 0.25) is 0 Å². The van der Waals surface area contributed by atoms with Crippen LogP contribution < -0.4 is 15.4 Å². The van der Waals surface area contributed by atoms with E-state index in [4.69, 9.17) is 19.3 Å². The Morgan fingerprint density at radius 1 is 1.03 bits per heavy atom. The molecule has 11 nitrogen and oxygen atoms in total. The first-order valence-electron chi connectivity index (χ1n) is 11.8. The topological polar surface area (TPSA) is 145 Å². The molecule has 3 N–H and O–H groups in total. The van der Waals surface area contributed by atoms with E-state index < -0.39 is 5.97 Å². The normalized spacial score (nSPS) is 12.5. The van der Waals surface area contributed by atoms with Crippen molar-refractivity contribution in [3.63, 3.8) is 0 Å². The van der Waals surface area contributed by atoms with Crippen molar-refractivity contribution in [1.82, 2.24) is 15.0 Å². The molecule has 192 valence electrons. The summed E-state index contributed by atoms with van der Waals surface area (Å²) in [6.07, 6.45) is 6.80. The molecule has 0 saturated heterocycles. The van der Waals surface area contributed by atoms with E-state index in [1.165, 1.54) is 0 Å². The summed E-state index contributed by atoms with van der Waals surface area (Å²) >= 11 is 0. The minimum atomic E-state index is -1.02. The van der Waals surface area contributed by atoms with Crippen LogP contribution in [0.4, 0.5) is 11.6 Å². The van der Waals surface area contributed by atoms with Gasteiger partial charge >= 0.3 is 5.97 Å². The van der Waals surface area contributed by atoms with Gasteiger partial charge in [-0.2, -0.15) is 0 Å². The van der Waals surface area contributed by atoms with Crippen molar-refractivity contribution in [2.75, 3.05) is 50.7 Å². The van der Waals surface area contributed by atoms with Crippen molar-refractivity contribution < 1.29 is 28.9 Å². The first-order chi connectivity index (χ1) is 18.0. The van der Waals surface area contributed by atoms with Crippen LogP contribution in [0.3, 0.4) is 0 Å². The number of hydrogen-bond donors (Lipinski definition) is 3. The zero-order valence-electron chi connectivity index (χ0n) is 20.3. The molecule has 3 heterocycles. The lowest BCUT2D eigenvalue weighted by Crippen LogP contribution is -2.14. The fourth-order valence-electron chi connectivity index (χ4n) is 3.37. The molecule has 3 aromatic heterocycles. The number of nitrogens with one attached hydrogen (secondary N) is 2. The van der Waals surface area contributed by atoms with Crippen molar-refractivity contribution in [3.8, 4) is 17.7 Å². The predicted molar refractivity (Wildman–Crippen MR) is 135 cm³/mol. The molecule has 0 atom stereocenters. The Balaban J connectivity index is 1.40. The molecule has 1 aliphatic rings. The number of aromatic nitrogens is 3. The van der Waals surface area contributed by atoms with Gasteiger partial charge < -0.3 is 30.0 Å². The Morgan fingerprint density at radius 3 is 2.62 bits per heavy atom. The van der Waals surface area contributed by atoms with E-state index in [1.54, 1.807) is 37.8 Å². The van der Waals surface area contributed by atoms with Gasteiger partial charge in [0, 0.05) is 54.0 Å². The quantitative estimate of drug-likeness (QED) is 0.248. The number of fused-ring (bicyclic) bond motifs is 1. The van der Waals surface area contributed by atoms with Crippen molar-refractivity contribution in [2.45, 2.75) is 12.8 Å². The number of carbonyl (C=O) groups is 2. The minimum absolute atomic E-state index is 0.0105. The Morgan fingerprint density at radius 2 is 1.84 bits per heavy atom. The molecular formula is C26H27N5O6. The summed E-state index contributed by atoms with van der Waals surface area (Å²) in [7, 11) is 1.78. The number of amides is 1. The molecule has 1 amide bonds. The first-order valence-corrected chi connectivity index (χ1v) is 11.8. The van der Waals surface area contributed by atoms with E-state index in [0.717, 1.165) is 23.6 Å². The van der Waals surface area contributed by atoms with E-state index in [1.807, 2.05) is 6.07 Å². The van der Waals surface area contributed by atoms with E-state index in [-0.39, 0.29) is 38.3 Å². The summed E-state index contributed by atoms with van der Waals surface area (Å²) in [4.78, 5) is 35.6. The van der Waals surface area contributed by atoms with Crippen molar-refractivity contribution in [1.29, 1.82) is 0 Å². The Hall–Kier alpha value is -4.27. The molecule has 1 fully saturated rings. The zero-order chi connectivity index (χ0) is 26.0. The lowest BCUT2D eigenvalue weighted by Gasteiger charge is -2.09. The summed E-state index contributed by atoms with van der Waals surface area (Å²) in [5.74, 6) is 6.88. The Kier molecular flexibility index (Phi) is 8.80. The summed E-state index contributed by atoms with van der Waals surface area (Å²) in [6.45, 7) is 0.685. The largest absolute Gasteiger partial charge is 0.480 e. The van der Waals surface area contributed by atoms with Gasteiger partial charge in [0.05, 0.1) is 25.4 Å². The molecule has 0 aliphatic heterocycles. The highest BCUT2D eigenvalue weighted by Gasteiger charge is 2.29. The fraction of sp³-hybridized carbons (Fsp3) is 0.346. The molecule has 0 aromatic carbocycles. The van der Waals surface area contributed by atoms with E-state index >= 15 is 0 Å². The number of aliphatic carboxylic acids is 1. The third kappa shape index (κ3) is 7.60. The van der Waals surface area contributed by atoms with Crippen LogP contribution in [0.5, 0.6) is 5.88 Å². The molecule has 0 unspecified atom stereocenters. The van der Waals surface area contributed by atoms with Gasteiger partial charge in [0.2, 0.25) is 11.8 Å². The smallest absolute Gasteiger partial charge is 0.329 e. The molecule has 0 spiro atoms. The highest BCUT2D eigenvalue weighted by molar-refractivity contribution is 5.99. The molecule has 1 saturated carbocycles. The van der Waals surface area contributed by atoms with Gasteiger partial charge in [-0.25, -0.2) is 19.7 Å². The second-order valence-electron chi connectivity index (χ2n) is 8.19. The van der Waals surface area contributed by atoms with Crippen molar-refractivity contribution in [2.24, 2.45) is 5.92 Å². The maximum atomic E-state index is 12.2. The molecule has 37 heavy (non-hydrogen) atoms. The number of carboxylic acid groups (broad SMARTS) is 1. The van der Waals surface area contributed by atoms with Gasteiger partial charge in [0.1, 0.15) is 24.8 Å². The van der Waals surface area contributed by atoms with E-state index in [9.17, 15) is 9.59 Å². The van der Waals surface area contributed by atoms with Crippen LogP contribution in [0.15, 0.2) is 36.8 Å². The number of carboxylic acids is 1. The molecule has 11 heteroatoms. The summed E-state index contributed by atoms with van der Waals surface area (Å²) < 4.78 is 15.8. The monoisotopic (exact) mass is 505 g/mol. The molecule has 3 aromatic rings. The van der Waals surface area contributed by atoms with Gasteiger partial charge in [0.25, 0.3) is 0 Å². The number of pyridine rings is 3. The standard InChI is InChI=1S/C26H27N5O6/c1-27-25-21-15-29-22(31-26(34)18-4-5-18)13-20(21)19(14-30-25)3-2-17-6-7-28-23(12-17)37-11-10-35-8-9-36-16-24(32)33/h6-7,12-15,18H,4-5,8-11,16H2,1H3,(H,27,30)(H,32,33)(H,29,31,34). The number of ether oxygens (including phenoxy) is 3. The van der Waals surface area contributed by atoms with Gasteiger partial charge in [-0.1, -0.05) is 11.8 Å². The first kappa shape index (κ1) is 25.8. The number of nitrogens with zero attached hydrogens (tertiary/aromatic N) is 3. The van der Waals surface area contributed by atoms with Crippen molar-refractivity contribution >= 4 is 34.3 Å². The van der Waals surface area contributed by atoms with Gasteiger partial charge in [0.15, 0.2) is 0 Å². The summed E-state index contributed by atoms with van der Waals surface area (Å²) in [6, 6.07) is 5.32. The van der Waals surface area contributed by atoms with Crippen LogP contribution in [0.25, 0.3) is 10.8 Å².